The van der Waals surface area contributed by atoms with Gasteiger partial charge in [-0.3, -0.25) is 0 Å². The van der Waals surface area contributed by atoms with Gasteiger partial charge in [0.2, 0.25) is 0 Å². The van der Waals surface area contributed by atoms with E-state index in [0.717, 1.165) is 6.26 Å². The summed E-state index contributed by atoms with van der Waals surface area (Å²) in [5, 5.41) is 0. The van der Waals surface area contributed by atoms with Crippen molar-refractivity contribution >= 4 is 25.8 Å². The molecule has 0 radical (unpaired) electrons. The van der Waals surface area contributed by atoms with Gasteiger partial charge in [-0.1, -0.05) is 24.3 Å². The van der Waals surface area contributed by atoms with Crippen molar-refractivity contribution < 1.29 is 12.8 Å². The highest BCUT2D eigenvalue weighted by atomic mass is 79.9. The van der Waals surface area contributed by atoms with E-state index in [1.807, 2.05) is 0 Å². The molecule has 94 valence electrons. The summed E-state index contributed by atoms with van der Waals surface area (Å²) in [7, 11) is -3.34. The third kappa shape index (κ3) is 2.62. The molecule has 2 rings (SSSR count). The second-order valence-corrected chi connectivity index (χ2v) is 6.74. The fourth-order valence-electron chi connectivity index (χ4n) is 1.69. The molecule has 0 amide bonds. The Bertz CT molecular complexity index is 696. The van der Waals surface area contributed by atoms with Crippen molar-refractivity contribution in [2.24, 2.45) is 0 Å². The van der Waals surface area contributed by atoms with Gasteiger partial charge in [0, 0.05) is 11.8 Å². The maximum Gasteiger partial charge on any atom is 0.176 e. The lowest BCUT2D eigenvalue weighted by atomic mass is 10.1. The zero-order valence-corrected chi connectivity index (χ0v) is 11.9. The topological polar surface area (TPSA) is 34.1 Å². The summed E-state index contributed by atoms with van der Waals surface area (Å²) in [6.07, 6.45) is 1.14. The van der Waals surface area contributed by atoms with Gasteiger partial charge in [-0.2, -0.15) is 0 Å². The molecule has 0 heterocycles. The molecule has 0 aromatic heterocycles. The van der Waals surface area contributed by atoms with Gasteiger partial charge in [0.25, 0.3) is 0 Å². The Morgan fingerprint density at radius 2 is 1.78 bits per heavy atom. The summed E-state index contributed by atoms with van der Waals surface area (Å²) >= 11 is 3.07. The Balaban J connectivity index is 2.68. The molecule has 5 heteroatoms. The van der Waals surface area contributed by atoms with E-state index in [1.165, 1.54) is 12.1 Å². The van der Waals surface area contributed by atoms with Crippen LogP contribution in [0, 0.1) is 5.82 Å². The number of sulfone groups is 1. The van der Waals surface area contributed by atoms with Crippen molar-refractivity contribution in [1.82, 2.24) is 0 Å². The van der Waals surface area contributed by atoms with Gasteiger partial charge in [0.15, 0.2) is 9.84 Å². The van der Waals surface area contributed by atoms with Crippen LogP contribution in [0.15, 0.2) is 51.8 Å². The van der Waals surface area contributed by atoms with Gasteiger partial charge in [-0.25, -0.2) is 12.8 Å². The summed E-state index contributed by atoms with van der Waals surface area (Å²) in [5.41, 5.74) is 1.04. The van der Waals surface area contributed by atoms with E-state index in [4.69, 9.17) is 0 Å². The average molecular weight is 329 g/mol. The van der Waals surface area contributed by atoms with Gasteiger partial charge in [-0.15, -0.1) is 0 Å². The molecular formula is C13H10BrFO2S. The smallest absolute Gasteiger partial charge is 0.176 e. The molecule has 0 atom stereocenters. The van der Waals surface area contributed by atoms with Crippen LogP contribution < -0.4 is 0 Å². The molecular weight excluding hydrogens is 319 g/mol. The quantitative estimate of drug-likeness (QED) is 0.843. The van der Waals surface area contributed by atoms with Crippen LogP contribution in [0.4, 0.5) is 4.39 Å². The van der Waals surface area contributed by atoms with Gasteiger partial charge in [0.05, 0.1) is 9.37 Å². The molecule has 18 heavy (non-hydrogen) atoms. The Morgan fingerprint density at radius 1 is 1.11 bits per heavy atom. The first-order valence-electron chi connectivity index (χ1n) is 5.14. The van der Waals surface area contributed by atoms with Gasteiger partial charge in [-0.05, 0) is 39.7 Å². The molecule has 0 N–H and O–H groups in total. The molecule has 0 aliphatic carbocycles. The Labute approximate surface area is 114 Å². The Kier molecular flexibility index (Phi) is 3.54. The van der Waals surface area contributed by atoms with Crippen molar-refractivity contribution in [2.45, 2.75) is 4.90 Å². The standard InChI is InChI=1S/C13H10BrFO2S/c1-18(16,17)13-5-3-2-4-10(13)9-6-7-11(14)12(15)8-9/h2-8H,1H3. The third-order valence-corrected chi connectivity index (χ3v) is 4.32. The van der Waals surface area contributed by atoms with Gasteiger partial charge in [0.1, 0.15) is 5.82 Å². The van der Waals surface area contributed by atoms with Crippen molar-refractivity contribution in [3.63, 3.8) is 0 Å². The summed E-state index contributed by atoms with van der Waals surface area (Å²) in [6, 6.07) is 11.1. The molecule has 0 fully saturated rings. The first-order chi connectivity index (χ1) is 8.39. The maximum absolute atomic E-state index is 13.5. The normalized spacial score (nSPS) is 11.5. The number of halogens is 2. The highest BCUT2D eigenvalue weighted by Gasteiger charge is 2.14. The average Bonchev–Trinajstić information content (AvgIpc) is 2.32. The van der Waals surface area contributed by atoms with E-state index in [-0.39, 0.29) is 4.90 Å². The molecule has 0 aliphatic heterocycles. The minimum atomic E-state index is -3.34. The SMILES string of the molecule is CS(=O)(=O)c1ccccc1-c1ccc(Br)c(F)c1. The van der Waals surface area contributed by atoms with E-state index < -0.39 is 15.7 Å². The van der Waals surface area contributed by atoms with Crippen LogP contribution in [0.5, 0.6) is 0 Å². The summed E-state index contributed by atoms with van der Waals surface area (Å²) < 4.78 is 37.2. The lowest BCUT2D eigenvalue weighted by Crippen LogP contribution is -1.99. The second-order valence-electron chi connectivity index (χ2n) is 3.90. The second kappa shape index (κ2) is 4.82. The molecule has 0 saturated carbocycles. The summed E-state index contributed by atoms with van der Waals surface area (Å²) in [4.78, 5) is 0.201. The molecule has 0 saturated heterocycles. The van der Waals surface area contributed by atoms with Crippen LogP contribution >= 0.6 is 15.9 Å². The zero-order valence-electron chi connectivity index (χ0n) is 9.52. The van der Waals surface area contributed by atoms with E-state index in [9.17, 15) is 12.8 Å². The number of rotatable bonds is 2. The van der Waals surface area contributed by atoms with E-state index >= 15 is 0 Å². The number of hydrogen-bond donors (Lipinski definition) is 0. The lowest BCUT2D eigenvalue weighted by Gasteiger charge is -2.08. The van der Waals surface area contributed by atoms with E-state index in [0.29, 0.717) is 15.6 Å². The molecule has 0 aliphatic rings. The van der Waals surface area contributed by atoms with Crippen molar-refractivity contribution in [3.05, 3.63) is 52.8 Å². The molecule has 0 spiro atoms. The highest BCUT2D eigenvalue weighted by Crippen LogP contribution is 2.29. The molecule has 2 aromatic carbocycles. The fraction of sp³-hybridized carbons (Fsp3) is 0.0769. The summed E-state index contributed by atoms with van der Waals surface area (Å²) in [6.45, 7) is 0. The fourth-order valence-corrected chi connectivity index (χ4v) is 2.85. The van der Waals surface area contributed by atoms with Crippen LogP contribution in [0.3, 0.4) is 0 Å². The molecule has 0 unspecified atom stereocenters. The highest BCUT2D eigenvalue weighted by molar-refractivity contribution is 9.10. The minimum absolute atomic E-state index is 0.201. The van der Waals surface area contributed by atoms with Gasteiger partial charge >= 0.3 is 0 Å². The first kappa shape index (κ1) is 13.2. The largest absolute Gasteiger partial charge is 0.224 e. The number of hydrogen-bond acceptors (Lipinski definition) is 2. The van der Waals surface area contributed by atoms with Crippen molar-refractivity contribution in [3.8, 4) is 11.1 Å². The minimum Gasteiger partial charge on any atom is -0.224 e. The lowest BCUT2D eigenvalue weighted by molar-refractivity contribution is 0.602. The van der Waals surface area contributed by atoms with E-state index in [2.05, 4.69) is 15.9 Å². The van der Waals surface area contributed by atoms with Crippen LogP contribution in [0.2, 0.25) is 0 Å². The maximum atomic E-state index is 13.5. The third-order valence-electron chi connectivity index (χ3n) is 2.52. The van der Waals surface area contributed by atoms with Crippen LogP contribution in [-0.2, 0) is 9.84 Å². The van der Waals surface area contributed by atoms with E-state index in [1.54, 1.807) is 30.3 Å². The van der Waals surface area contributed by atoms with Crippen molar-refractivity contribution in [1.29, 1.82) is 0 Å². The van der Waals surface area contributed by atoms with Crippen LogP contribution in [0.1, 0.15) is 0 Å². The number of benzene rings is 2. The molecule has 2 aromatic rings. The Hall–Kier alpha value is -1.20. The monoisotopic (exact) mass is 328 g/mol. The first-order valence-corrected chi connectivity index (χ1v) is 7.82. The van der Waals surface area contributed by atoms with Crippen LogP contribution in [0.25, 0.3) is 11.1 Å². The zero-order chi connectivity index (χ0) is 13.3. The molecule has 2 nitrogen and oxygen atoms in total. The predicted octanol–water partition coefficient (Wildman–Crippen LogP) is 3.66. The summed E-state index contributed by atoms with van der Waals surface area (Å²) in [5.74, 6) is -0.421. The molecule has 0 bridgehead atoms. The predicted molar refractivity (Wildman–Crippen MR) is 72.6 cm³/mol. The Morgan fingerprint density at radius 3 is 2.39 bits per heavy atom. The van der Waals surface area contributed by atoms with Crippen LogP contribution in [-0.4, -0.2) is 14.7 Å². The van der Waals surface area contributed by atoms with Crippen molar-refractivity contribution in [2.75, 3.05) is 6.26 Å². The van der Waals surface area contributed by atoms with Gasteiger partial charge < -0.3 is 0 Å².